The first-order valence-corrected chi connectivity index (χ1v) is 6.47. The maximum Gasteiger partial charge on any atom is 0.144 e. The van der Waals surface area contributed by atoms with Crippen LogP contribution in [0.4, 0.5) is 5.82 Å². The average molecular weight is 239 g/mol. The lowest BCUT2D eigenvalue weighted by molar-refractivity contribution is 0.420. The zero-order valence-electron chi connectivity index (χ0n) is 10.6. The molecule has 3 heteroatoms. The van der Waals surface area contributed by atoms with Gasteiger partial charge in [-0.05, 0) is 30.4 Å². The lowest BCUT2D eigenvalue weighted by Crippen LogP contribution is -2.08. The summed E-state index contributed by atoms with van der Waals surface area (Å²) in [6.07, 6.45) is 7.57. The van der Waals surface area contributed by atoms with Crippen molar-refractivity contribution in [3.63, 3.8) is 0 Å². The third kappa shape index (κ3) is 2.08. The van der Waals surface area contributed by atoms with E-state index in [0.29, 0.717) is 0 Å². The minimum atomic E-state index is 0.755. The van der Waals surface area contributed by atoms with Gasteiger partial charge in [0.25, 0.3) is 0 Å². The summed E-state index contributed by atoms with van der Waals surface area (Å²) in [5.41, 5.74) is 3.53. The molecule has 92 valence electrons. The van der Waals surface area contributed by atoms with Crippen molar-refractivity contribution in [2.45, 2.75) is 25.2 Å². The summed E-state index contributed by atoms with van der Waals surface area (Å²) in [4.78, 5) is 8.75. The molecule has 0 unspecified atom stereocenters. The molecule has 0 amide bonds. The third-order valence-corrected chi connectivity index (χ3v) is 3.65. The number of aromatic nitrogens is 2. The smallest absolute Gasteiger partial charge is 0.144 e. The van der Waals surface area contributed by atoms with E-state index in [1.807, 2.05) is 13.2 Å². The van der Waals surface area contributed by atoms with E-state index in [-0.39, 0.29) is 0 Å². The lowest BCUT2D eigenvalue weighted by Gasteiger charge is -2.26. The summed E-state index contributed by atoms with van der Waals surface area (Å²) in [6, 6.07) is 8.71. The summed E-state index contributed by atoms with van der Waals surface area (Å²) >= 11 is 0. The van der Waals surface area contributed by atoms with Gasteiger partial charge in [0.2, 0.25) is 0 Å². The van der Waals surface area contributed by atoms with Crippen LogP contribution in [0.3, 0.4) is 0 Å². The van der Waals surface area contributed by atoms with E-state index < -0.39 is 0 Å². The highest BCUT2D eigenvalue weighted by atomic mass is 15.0. The fraction of sp³-hybridized carbons (Fsp3) is 0.333. The zero-order chi connectivity index (χ0) is 12.4. The van der Waals surface area contributed by atoms with Crippen LogP contribution < -0.4 is 5.32 Å². The molecule has 1 saturated carbocycles. The zero-order valence-corrected chi connectivity index (χ0v) is 10.6. The largest absolute Gasteiger partial charge is 0.372 e. The lowest BCUT2D eigenvalue weighted by atomic mass is 9.79. The van der Waals surface area contributed by atoms with Crippen molar-refractivity contribution >= 4 is 5.82 Å². The maximum atomic E-state index is 4.53. The number of hydrogen-bond donors (Lipinski definition) is 1. The molecule has 1 aromatic carbocycles. The van der Waals surface area contributed by atoms with Crippen LogP contribution in [0.25, 0.3) is 11.3 Å². The second kappa shape index (κ2) is 4.77. The molecule has 0 radical (unpaired) electrons. The van der Waals surface area contributed by atoms with Gasteiger partial charge in [0, 0.05) is 12.6 Å². The molecule has 1 aliphatic carbocycles. The monoisotopic (exact) mass is 239 g/mol. The highest BCUT2D eigenvalue weighted by Gasteiger charge is 2.19. The van der Waals surface area contributed by atoms with Crippen LogP contribution in [-0.2, 0) is 0 Å². The molecule has 3 nitrogen and oxygen atoms in total. The van der Waals surface area contributed by atoms with E-state index in [2.05, 4.69) is 39.6 Å². The van der Waals surface area contributed by atoms with Crippen molar-refractivity contribution in [3.05, 3.63) is 42.2 Å². The van der Waals surface area contributed by atoms with E-state index in [0.717, 1.165) is 23.0 Å². The first-order valence-electron chi connectivity index (χ1n) is 6.47. The van der Waals surface area contributed by atoms with E-state index in [4.69, 9.17) is 0 Å². The van der Waals surface area contributed by atoms with Gasteiger partial charge in [0.1, 0.15) is 5.82 Å². The quantitative estimate of drug-likeness (QED) is 0.891. The summed E-state index contributed by atoms with van der Waals surface area (Å²) in [7, 11) is 1.86. The number of nitrogens with zero attached hydrogens (tertiary/aromatic N) is 2. The minimum absolute atomic E-state index is 0.755. The van der Waals surface area contributed by atoms with Gasteiger partial charge in [-0.2, -0.15) is 0 Å². The second-order valence-electron chi connectivity index (χ2n) is 4.79. The van der Waals surface area contributed by atoms with Crippen LogP contribution >= 0.6 is 0 Å². The Morgan fingerprint density at radius 1 is 1.22 bits per heavy atom. The van der Waals surface area contributed by atoms with Crippen LogP contribution in [0.15, 0.2) is 36.7 Å². The average Bonchev–Trinajstić information content (AvgIpc) is 2.37. The van der Waals surface area contributed by atoms with Crippen molar-refractivity contribution in [1.82, 2.24) is 9.97 Å². The van der Waals surface area contributed by atoms with Crippen molar-refractivity contribution in [1.29, 1.82) is 0 Å². The Labute approximate surface area is 107 Å². The maximum absolute atomic E-state index is 4.53. The molecule has 0 spiro atoms. The van der Waals surface area contributed by atoms with E-state index in [1.54, 1.807) is 6.20 Å². The first kappa shape index (κ1) is 11.2. The van der Waals surface area contributed by atoms with E-state index in [1.165, 1.54) is 24.8 Å². The topological polar surface area (TPSA) is 37.8 Å². The van der Waals surface area contributed by atoms with Crippen LogP contribution in [0.1, 0.15) is 30.7 Å². The molecule has 1 N–H and O–H groups in total. The molecule has 1 fully saturated rings. The van der Waals surface area contributed by atoms with E-state index in [9.17, 15) is 0 Å². The SMILES string of the molecule is CNc1cncc(-c2cccc(C3CCC3)c2)n1. The van der Waals surface area contributed by atoms with Crippen molar-refractivity contribution in [2.75, 3.05) is 12.4 Å². The van der Waals surface area contributed by atoms with Crippen molar-refractivity contribution in [3.8, 4) is 11.3 Å². The van der Waals surface area contributed by atoms with Crippen LogP contribution in [0, 0.1) is 0 Å². The Hall–Kier alpha value is -1.90. The Balaban J connectivity index is 1.94. The van der Waals surface area contributed by atoms with Crippen LogP contribution in [0.5, 0.6) is 0 Å². The molecular weight excluding hydrogens is 222 g/mol. The van der Waals surface area contributed by atoms with Gasteiger partial charge in [-0.3, -0.25) is 4.98 Å². The highest BCUT2D eigenvalue weighted by molar-refractivity contribution is 5.61. The van der Waals surface area contributed by atoms with Gasteiger partial charge >= 0.3 is 0 Å². The molecule has 2 aromatic rings. The molecule has 1 aromatic heterocycles. The summed E-state index contributed by atoms with van der Waals surface area (Å²) in [6.45, 7) is 0. The molecular formula is C15H17N3. The predicted molar refractivity (Wildman–Crippen MR) is 73.6 cm³/mol. The molecule has 0 saturated heterocycles. The Bertz CT molecular complexity index is 547. The highest BCUT2D eigenvalue weighted by Crippen LogP contribution is 2.37. The van der Waals surface area contributed by atoms with Gasteiger partial charge in [-0.25, -0.2) is 4.98 Å². The van der Waals surface area contributed by atoms with Gasteiger partial charge in [0.15, 0.2) is 0 Å². The van der Waals surface area contributed by atoms with Gasteiger partial charge in [0.05, 0.1) is 18.1 Å². The molecule has 3 rings (SSSR count). The van der Waals surface area contributed by atoms with Crippen molar-refractivity contribution in [2.24, 2.45) is 0 Å². The van der Waals surface area contributed by atoms with Gasteiger partial charge < -0.3 is 5.32 Å². The first-order chi connectivity index (χ1) is 8.86. The molecule has 0 atom stereocenters. The number of rotatable bonds is 3. The van der Waals surface area contributed by atoms with Crippen molar-refractivity contribution < 1.29 is 0 Å². The number of benzene rings is 1. The summed E-state index contributed by atoms with van der Waals surface area (Å²) < 4.78 is 0. The number of anilines is 1. The molecule has 18 heavy (non-hydrogen) atoms. The minimum Gasteiger partial charge on any atom is -0.372 e. The molecule has 0 bridgehead atoms. The second-order valence-corrected chi connectivity index (χ2v) is 4.79. The van der Waals surface area contributed by atoms with E-state index >= 15 is 0 Å². The third-order valence-electron chi connectivity index (χ3n) is 3.65. The fourth-order valence-corrected chi connectivity index (χ4v) is 2.32. The Kier molecular flexibility index (Phi) is 2.97. The van der Waals surface area contributed by atoms with Gasteiger partial charge in [-0.1, -0.05) is 24.6 Å². The standard InChI is InChI=1S/C15H17N3/c1-16-15-10-17-9-14(18-15)13-7-3-6-12(8-13)11-4-2-5-11/h3,6-11H,2,4-5H2,1H3,(H,16,18). The molecule has 0 aliphatic heterocycles. The van der Waals surface area contributed by atoms with Gasteiger partial charge in [-0.15, -0.1) is 0 Å². The Morgan fingerprint density at radius 2 is 2.11 bits per heavy atom. The predicted octanol–water partition coefficient (Wildman–Crippen LogP) is 3.45. The summed E-state index contributed by atoms with van der Waals surface area (Å²) in [5, 5.41) is 3.02. The summed E-state index contributed by atoms with van der Waals surface area (Å²) in [5.74, 6) is 1.56. The Morgan fingerprint density at radius 3 is 2.83 bits per heavy atom. The molecule has 1 heterocycles. The normalized spacial score (nSPS) is 15.2. The van der Waals surface area contributed by atoms with Crippen LogP contribution in [-0.4, -0.2) is 17.0 Å². The fourth-order valence-electron chi connectivity index (χ4n) is 2.32. The number of hydrogen-bond acceptors (Lipinski definition) is 3. The number of nitrogens with one attached hydrogen (secondary N) is 1. The van der Waals surface area contributed by atoms with Crippen LogP contribution in [0.2, 0.25) is 0 Å². The molecule has 1 aliphatic rings.